The molecule has 4 nitrogen and oxygen atoms in total. The standard InChI is InChI=1S/C12H16FN3OS/c1-8(5-6-18(2)17)16-11-4-3-9(13)7-10(11)15-12(16)14/h3-4,7-8H,5-6H2,1-2H3,(H2,14,15). The third kappa shape index (κ3) is 2.53. The first kappa shape index (κ1) is 13.0. The van der Waals surface area contributed by atoms with E-state index in [1.165, 1.54) is 12.1 Å². The van der Waals surface area contributed by atoms with Gasteiger partial charge in [0.05, 0.1) is 11.0 Å². The van der Waals surface area contributed by atoms with Gasteiger partial charge in [0.15, 0.2) is 0 Å². The Morgan fingerprint density at radius 1 is 1.56 bits per heavy atom. The van der Waals surface area contributed by atoms with Crippen molar-refractivity contribution in [2.45, 2.75) is 19.4 Å². The highest BCUT2D eigenvalue weighted by Gasteiger charge is 2.14. The van der Waals surface area contributed by atoms with Gasteiger partial charge >= 0.3 is 0 Å². The molecule has 0 saturated heterocycles. The second-order valence-electron chi connectivity index (χ2n) is 4.39. The molecule has 0 amide bonds. The molecule has 0 aliphatic carbocycles. The Balaban J connectivity index is 2.37. The van der Waals surface area contributed by atoms with Crippen LogP contribution in [0.2, 0.25) is 0 Å². The minimum absolute atomic E-state index is 0.0874. The van der Waals surface area contributed by atoms with Crippen molar-refractivity contribution < 1.29 is 8.60 Å². The van der Waals surface area contributed by atoms with Gasteiger partial charge in [0, 0.05) is 34.9 Å². The maximum Gasteiger partial charge on any atom is 0.201 e. The molecular weight excluding hydrogens is 253 g/mol. The highest BCUT2D eigenvalue weighted by molar-refractivity contribution is 7.84. The van der Waals surface area contributed by atoms with Crippen molar-refractivity contribution in [2.24, 2.45) is 0 Å². The lowest BCUT2D eigenvalue weighted by Gasteiger charge is -2.15. The molecule has 1 heterocycles. The van der Waals surface area contributed by atoms with Gasteiger partial charge in [-0.3, -0.25) is 4.21 Å². The first-order valence-corrected chi connectivity index (χ1v) is 7.44. The van der Waals surface area contributed by atoms with Crippen LogP contribution in [-0.4, -0.2) is 25.8 Å². The number of anilines is 1. The Morgan fingerprint density at radius 2 is 2.28 bits per heavy atom. The number of nitrogens with zero attached hydrogens (tertiary/aromatic N) is 2. The predicted octanol–water partition coefficient (Wildman–Crippen LogP) is 2.09. The van der Waals surface area contributed by atoms with Gasteiger partial charge in [-0.25, -0.2) is 9.37 Å². The molecule has 1 aromatic heterocycles. The number of nitrogens with two attached hydrogens (primary N) is 1. The first-order valence-electron chi connectivity index (χ1n) is 5.72. The van der Waals surface area contributed by atoms with Gasteiger partial charge in [0.2, 0.25) is 5.95 Å². The molecular formula is C12H16FN3OS. The van der Waals surface area contributed by atoms with Gasteiger partial charge in [-0.05, 0) is 25.5 Å². The fourth-order valence-electron chi connectivity index (χ4n) is 2.02. The Morgan fingerprint density at radius 3 is 2.94 bits per heavy atom. The van der Waals surface area contributed by atoms with Gasteiger partial charge in [-0.2, -0.15) is 0 Å². The maximum absolute atomic E-state index is 13.1. The monoisotopic (exact) mass is 269 g/mol. The summed E-state index contributed by atoms with van der Waals surface area (Å²) in [5, 5.41) is 0. The summed E-state index contributed by atoms with van der Waals surface area (Å²) < 4.78 is 26.1. The van der Waals surface area contributed by atoms with Crippen LogP contribution in [0.3, 0.4) is 0 Å². The van der Waals surface area contributed by atoms with Crippen LogP contribution in [-0.2, 0) is 10.8 Å². The van der Waals surface area contributed by atoms with Crippen LogP contribution in [0.5, 0.6) is 0 Å². The molecule has 2 aromatic rings. The third-order valence-corrected chi connectivity index (χ3v) is 3.75. The number of nitrogen functional groups attached to an aromatic ring is 1. The Labute approximate surface area is 107 Å². The Hall–Kier alpha value is -1.43. The maximum atomic E-state index is 13.1. The van der Waals surface area contributed by atoms with E-state index >= 15 is 0 Å². The number of benzene rings is 1. The molecule has 2 atom stereocenters. The lowest BCUT2D eigenvalue weighted by Crippen LogP contribution is -2.11. The molecule has 0 spiro atoms. The average molecular weight is 269 g/mol. The fraction of sp³-hybridized carbons (Fsp3) is 0.417. The number of imidazole rings is 1. The molecule has 0 aliphatic heterocycles. The van der Waals surface area contributed by atoms with E-state index in [1.807, 2.05) is 11.5 Å². The van der Waals surface area contributed by atoms with Crippen LogP contribution in [0, 0.1) is 5.82 Å². The smallest absolute Gasteiger partial charge is 0.201 e. The second-order valence-corrected chi connectivity index (χ2v) is 5.94. The van der Waals surface area contributed by atoms with Crippen LogP contribution in [0.4, 0.5) is 10.3 Å². The zero-order valence-corrected chi connectivity index (χ0v) is 11.2. The number of halogens is 1. The lowest BCUT2D eigenvalue weighted by atomic mass is 10.2. The summed E-state index contributed by atoms with van der Waals surface area (Å²) in [6.07, 6.45) is 2.42. The van der Waals surface area contributed by atoms with Gasteiger partial charge in [-0.1, -0.05) is 0 Å². The van der Waals surface area contributed by atoms with Crippen LogP contribution in [0.1, 0.15) is 19.4 Å². The number of aromatic nitrogens is 2. The Bertz CT molecular complexity index is 596. The van der Waals surface area contributed by atoms with Crippen LogP contribution in [0.15, 0.2) is 18.2 Å². The highest BCUT2D eigenvalue weighted by Crippen LogP contribution is 2.25. The Kier molecular flexibility index (Phi) is 3.65. The number of hydrogen-bond acceptors (Lipinski definition) is 3. The normalized spacial score (nSPS) is 14.8. The average Bonchev–Trinajstić information content (AvgIpc) is 2.61. The van der Waals surface area contributed by atoms with Crippen molar-refractivity contribution in [1.29, 1.82) is 0 Å². The summed E-state index contributed by atoms with van der Waals surface area (Å²) in [5.74, 6) is 0.654. The molecule has 6 heteroatoms. The molecule has 2 unspecified atom stereocenters. The van der Waals surface area contributed by atoms with E-state index in [9.17, 15) is 8.60 Å². The lowest BCUT2D eigenvalue weighted by molar-refractivity contribution is 0.552. The summed E-state index contributed by atoms with van der Waals surface area (Å²) in [6.45, 7) is 1.99. The van der Waals surface area contributed by atoms with Crippen LogP contribution in [0.25, 0.3) is 11.0 Å². The number of fused-ring (bicyclic) bond motifs is 1. The molecule has 0 radical (unpaired) electrons. The summed E-state index contributed by atoms with van der Waals surface area (Å²) in [6, 6.07) is 4.52. The van der Waals surface area contributed by atoms with Gasteiger partial charge < -0.3 is 10.3 Å². The van der Waals surface area contributed by atoms with E-state index in [1.54, 1.807) is 12.3 Å². The molecule has 0 aliphatic rings. The van der Waals surface area contributed by atoms with Gasteiger partial charge in [0.1, 0.15) is 5.82 Å². The van der Waals surface area contributed by atoms with E-state index in [-0.39, 0.29) is 11.9 Å². The van der Waals surface area contributed by atoms with Crippen molar-refractivity contribution in [3.63, 3.8) is 0 Å². The number of rotatable bonds is 4. The summed E-state index contributed by atoms with van der Waals surface area (Å²) in [5.41, 5.74) is 7.23. The van der Waals surface area contributed by atoms with E-state index in [0.717, 1.165) is 11.9 Å². The van der Waals surface area contributed by atoms with Crippen molar-refractivity contribution in [2.75, 3.05) is 17.7 Å². The quantitative estimate of drug-likeness (QED) is 0.924. The summed E-state index contributed by atoms with van der Waals surface area (Å²) in [4.78, 5) is 4.15. The fourth-order valence-corrected chi connectivity index (χ4v) is 2.69. The third-order valence-electron chi connectivity index (χ3n) is 2.94. The molecule has 2 rings (SSSR count). The minimum atomic E-state index is -0.826. The highest BCUT2D eigenvalue weighted by atomic mass is 32.2. The van der Waals surface area contributed by atoms with E-state index in [0.29, 0.717) is 17.2 Å². The minimum Gasteiger partial charge on any atom is -0.369 e. The largest absolute Gasteiger partial charge is 0.369 e. The van der Waals surface area contributed by atoms with Crippen molar-refractivity contribution in [3.05, 3.63) is 24.0 Å². The predicted molar refractivity (Wildman–Crippen MR) is 72.4 cm³/mol. The number of hydrogen-bond donors (Lipinski definition) is 1. The van der Waals surface area contributed by atoms with E-state index in [4.69, 9.17) is 5.73 Å². The van der Waals surface area contributed by atoms with Crippen LogP contribution < -0.4 is 5.73 Å². The van der Waals surface area contributed by atoms with Crippen molar-refractivity contribution in [1.82, 2.24) is 9.55 Å². The second kappa shape index (κ2) is 5.06. The molecule has 0 fully saturated rings. The molecule has 0 bridgehead atoms. The molecule has 98 valence electrons. The molecule has 1 aromatic carbocycles. The molecule has 0 saturated carbocycles. The summed E-state index contributed by atoms with van der Waals surface area (Å²) >= 11 is 0. The van der Waals surface area contributed by atoms with Gasteiger partial charge in [0.25, 0.3) is 0 Å². The van der Waals surface area contributed by atoms with E-state index < -0.39 is 10.8 Å². The topological polar surface area (TPSA) is 60.9 Å². The van der Waals surface area contributed by atoms with E-state index in [2.05, 4.69) is 4.98 Å². The molecule has 2 N–H and O–H groups in total. The summed E-state index contributed by atoms with van der Waals surface area (Å²) in [7, 11) is -0.826. The van der Waals surface area contributed by atoms with Crippen molar-refractivity contribution >= 4 is 27.8 Å². The zero-order chi connectivity index (χ0) is 13.3. The first-order chi connectivity index (χ1) is 8.49. The zero-order valence-electron chi connectivity index (χ0n) is 10.4. The SMILES string of the molecule is CC(CCS(C)=O)n1c(N)nc2cc(F)ccc21. The van der Waals surface area contributed by atoms with Gasteiger partial charge in [-0.15, -0.1) is 0 Å². The van der Waals surface area contributed by atoms with Crippen LogP contribution >= 0.6 is 0 Å². The molecule has 18 heavy (non-hydrogen) atoms. The van der Waals surface area contributed by atoms with Crippen molar-refractivity contribution in [3.8, 4) is 0 Å².